The number of hydrogen-bond acceptors (Lipinski definition) is 3. The summed E-state index contributed by atoms with van der Waals surface area (Å²) in [5.74, 6) is 0.145. The van der Waals surface area contributed by atoms with Gasteiger partial charge in [0.2, 0.25) is 5.91 Å². The van der Waals surface area contributed by atoms with E-state index in [1.54, 1.807) is 0 Å². The van der Waals surface area contributed by atoms with Gasteiger partial charge in [-0.2, -0.15) is 0 Å². The van der Waals surface area contributed by atoms with Crippen molar-refractivity contribution in [1.82, 2.24) is 15.5 Å². The number of benzene rings is 1. The Morgan fingerprint density at radius 3 is 2.54 bits per heavy atom. The maximum Gasteiger partial charge on any atom is 0.221 e. The van der Waals surface area contributed by atoms with Crippen LogP contribution in [0.4, 0.5) is 0 Å². The first-order valence-corrected chi connectivity index (χ1v) is 8.33. The summed E-state index contributed by atoms with van der Waals surface area (Å²) in [6, 6.07) is 9.24. The Bertz CT molecular complexity index is 491. The Hall–Kier alpha value is -0.810. The molecule has 0 saturated carbocycles. The lowest BCUT2D eigenvalue weighted by molar-refractivity contribution is -0.121. The summed E-state index contributed by atoms with van der Waals surface area (Å²) in [4.78, 5) is 14.4. The normalized spacial score (nSPS) is 16.6. The zero-order valence-corrected chi connectivity index (χ0v) is 16.5. The first-order valence-electron chi connectivity index (χ1n) is 8.33. The van der Waals surface area contributed by atoms with Gasteiger partial charge in [-0.25, -0.2) is 0 Å². The quantitative estimate of drug-likeness (QED) is 0.769. The van der Waals surface area contributed by atoms with Crippen LogP contribution in [0.5, 0.6) is 0 Å². The summed E-state index contributed by atoms with van der Waals surface area (Å²) in [5.41, 5.74) is 2.50. The van der Waals surface area contributed by atoms with Crippen molar-refractivity contribution in [3.63, 3.8) is 0 Å². The molecule has 1 aliphatic heterocycles. The fraction of sp³-hybridized carbons (Fsp3) is 0.611. The molecule has 0 bridgehead atoms. The summed E-state index contributed by atoms with van der Waals surface area (Å²) in [7, 11) is 2.13. The number of nitrogens with zero attached hydrogens (tertiary/aromatic N) is 1. The highest BCUT2D eigenvalue weighted by atomic mass is 35.5. The van der Waals surface area contributed by atoms with Crippen molar-refractivity contribution < 1.29 is 4.79 Å². The number of amides is 1. The van der Waals surface area contributed by atoms with Gasteiger partial charge in [-0.05, 0) is 51.4 Å². The first-order chi connectivity index (χ1) is 10.6. The third kappa shape index (κ3) is 7.39. The van der Waals surface area contributed by atoms with Crippen LogP contribution in [-0.2, 0) is 17.9 Å². The molecule has 1 saturated heterocycles. The lowest BCUT2D eigenvalue weighted by Crippen LogP contribution is -2.32. The largest absolute Gasteiger partial charge is 0.352 e. The second-order valence-corrected chi connectivity index (χ2v) is 6.55. The van der Waals surface area contributed by atoms with Crippen LogP contribution in [0.1, 0.15) is 44.2 Å². The van der Waals surface area contributed by atoms with E-state index in [4.69, 9.17) is 0 Å². The Balaban J connectivity index is 0.00000264. The van der Waals surface area contributed by atoms with Crippen LogP contribution in [-0.4, -0.2) is 36.5 Å². The number of carbonyl (C=O) groups excluding carboxylic acids is 1. The first kappa shape index (κ1) is 23.2. The third-order valence-corrected chi connectivity index (χ3v) is 4.49. The molecule has 6 heteroatoms. The molecule has 2 N–H and O–H groups in total. The van der Waals surface area contributed by atoms with Gasteiger partial charge in [-0.1, -0.05) is 24.3 Å². The van der Waals surface area contributed by atoms with Crippen LogP contribution in [0.15, 0.2) is 24.3 Å². The van der Waals surface area contributed by atoms with Crippen molar-refractivity contribution in [2.45, 2.75) is 58.3 Å². The highest BCUT2D eigenvalue weighted by molar-refractivity contribution is 5.85. The fourth-order valence-electron chi connectivity index (χ4n) is 2.76. The average Bonchev–Trinajstić information content (AvgIpc) is 2.99. The molecule has 1 unspecified atom stereocenters. The average molecular weight is 376 g/mol. The lowest BCUT2D eigenvalue weighted by atomic mass is 10.1. The number of nitrogens with one attached hydrogen (secondary N) is 2. The summed E-state index contributed by atoms with van der Waals surface area (Å²) in [6.45, 7) is 6.96. The van der Waals surface area contributed by atoms with Crippen molar-refractivity contribution in [3.05, 3.63) is 35.4 Å². The predicted molar refractivity (Wildman–Crippen MR) is 105 cm³/mol. The van der Waals surface area contributed by atoms with Gasteiger partial charge in [0.1, 0.15) is 0 Å². The topological polar surface area (TPSA) is 44.4 Å². The Labute approximate surface area is 158 Å². The van der Waals surface area contributed by atoms with Gasteiger partial charge in [-0.3, -0.25) is 9.69 Å². The second kappa shape index (κ2) is 11.7. The van der Waals surface area contributed by atoms with Crippen molar-refractivity contribution >= 4 is 30.7 Å². The smallest absolute Gasteiger partial charge is 0.221 e. The van der Waals surface area contributed by atoms with Gasteiger partial charge in [0.25, 0.3) is 0 Å². The predicted octanol–water partition coefficient (Wildman–Crippen LogP) is 3.13. The van der Waals surface area contributed by atoms with Crippen LogP contribution >= 0.6 is 24.8 Å². The van der Waals surface area contributed by atoms with Crippen LogP contribution in [0.3, 0.4) is 0 Å². The van der Waals surface area contributed by atoms with Crippen molar-refractivity contribution in [3.8, 4) is 0 Å². The summed E-state index contributed by atoms with van der Waals surface area (Å²) >= 11 is 0. The van der Waals surface area contributed by atoms with Crippen molar-refractivity contribution in [2.24, 2.45) is 0 Å². The van der Waals surface area contributed by atoms with Gasteiger partial charge >= 0.3 is 0 Å². The standard InChI is InChI=1S/C18H29N3O.2ClH/c1-14(2)21(3)13-16-8-5-4-7-15(16)12-20-18(22)11-17-9-6-10-19-17;;/h4-5,7-8,14,17,19H,6,9-13H2,1-3H3,(H,20,22);2*1H. The molecule has 1 amide bonds. The molecule has 24 heavy (non-hydrogen) atoms. The van der Waals surface area contributed by atoms with E-state index in [1.165, 1.54) is 17.5 Å². The molecule has 1 heterocycles. The molecule has 2 rings (SSSR count). The van der Waals surface area contributed by atoms with E-state index in [2.05, 4.69) is 54.6 Å². The van der Waals surface area contributed by atoms with Gasteiger partial charge in [0, 0.05) is 31.6 Å². The van der Waals surface area contributed by atoms with Crippen LogP contribution in [0, 0.1) is 0 Å². The fourth-order valence-corrected chi connectivity index (χ4v) is 2.76. The highest BCUT2D eigenvalue weighted by Crippen LogP contribution is 2.13. The minimum Gasteiger partial charge on any atom is -0.352 e. The van der Waals surface area contributed by atoms with E-state index in [0.29, 0.717) is 25.0 Å². The van der Waals surface area contributed by atoms with Gasteiger partial charge in [-0.15, -0.1) is 24.8 Å². The van der Waals surface area contributed by atoms with Crippen LogP contribution in [0.25, 0.3) is 0 Å². The second-order valence-electron chi connectivity index (χ2n) is 6.55. The van der Waals surface area contributed by atoms with E-state index in [9.17, 15) is 4.79 Å². The summed E-state index contributed by atoms with van der Waals surface area (Å²) < 4.78 is 0. The number of hydrogen-bond donors (Lipinski definition) is 2. The molecule has 0 radical (unpaired) electrons. The van der Waals surface area contributed by atoms with E-state index < -0.39 is 0 Å². The SMILES string of the molecule is CC(C)N(C)Cc1ccccc1CNC(=O)CC1CCCN1.Cl.Cl. The molecule has 0 spiro atoms. The maximum absolute atomic E-state index is 12.1. The zero-order valence-electron chi connectivity index (χ0n) is 14.9. The van der Waals surface area contributed by atoms with Crippen molar-refractivity contribution in [1.29, 1.82) is 0 Å². The number of halogens is 2. The lowest BCUT2D eigenvalue weighted by Gasteiger charge is -2.22. The van der Waals surface area contributed by atoms with E-state index >= 15 is 0 Å². The Morgan fingerprint density at radius 2 is 1.96 bits per heavy atom. The minimum atomic E-state index is 0. The molecular formula is C18H31Cl2N3O. The summed E-state index contributed by atoms with van der Waals surface area (Å²) in [5, 5.41) is 6.44. The molecule has 0 aliphatic carbocycles. The molecule has 1 fully saturated rings. The van der Waals surface area contributed by atoms with Gasteiger partial charge in [0.05, 0.1) is 0 Å². The Morgan fingerprint density at radius 1 is 1.29 bits per heavy atom. The van der Waals surface area contributed by atoms with Crippen LogP contribution < -0.4 is 10.6 Å². The molecule has 1 aliphatic rings. The maximum atomic E-state index is 12.1. The van der Waals surface area contributed by atoms with Gasteiger partial charge in [0.15, 0.2) is 0 Å². The zero-order chi connectivity index (χ0) is 15.9. The minimum absolute atomic E-state index is 0. The molecule has 0 aromatic heterocycles. The van der Waals surface area contributed by atoms with Crippen molar-refractivity contribution in [2.75, 3.05) is 13.6 Å². The molecule has 4 nitrogen and oxygen atoms in total. The van der Waals surface area contributed by atoms with E-state index in [0.717, 1.165) is 19.5 Å². The highest BCUT2D eigenvalue weighted by Gasteiger charge is 2.17. The summed E-state index contributed by atoms with van der Waals surface area (Å²) in [6.07, 6.45) is 2.89. The van der Waals surface area contributed by atoms with E-state index in [1.807, 2.05) is 6.07 Å². The molecule has 138 valence electrons. The number of carbonyl (C=O) groups is 1. The molecular weight excluding hydrogens is 345 g/mol. The monoisotopic (exact) mass is 375 g/mol. The van der Waals surface area contributed by atoms with Crippen LogP contribution in [0.2, 0.25) is 0 Å². The molecule has 1 aromatic carbocycles. The molecule has 1 atom stereocenters. The van der Waals surface area contributed by atoms with E-state index in [-0.39, 0.29) is 30.7 Å². The molecule has 1 aromatic rings. The van der Waals surface area contributed by atoms with Gasteiger partial charge < -0.3 is 10.6 Å². The third-order valence-electron chi connectivity index (χ3n) is 4.49. The number of rotatable bonds is 7. The Kier molecular flexibility index (Phi) is 11.3.